The molecule has 13 heavy (non-hydrogen) atoms. The Bertz CT molecular complexity index is 317. The molecule has 0 saturated heterocycles. The van der Waals surface area contributed by atoms with Gasteiger partial charge in [0.15, 0.2) is 0 Å². The van der Waals surface area contributed by atoms with Crippen molar-refractivity contribution in [3.05, 3.63) is 26.6 Å². The van der Waals surface area contributed by atoms with Crippen molar-refractivity contribution in [2.24, 2.45) is 0 Å². The van der Waals surface area contributed by atoms with Crippen LogP contribution in [-0.4, -0.2) is 4.98 Å². The van der Waals surface area contributed by atoms with E-state index < -0.39 is 6.43 Å². The first kappa shape index (κ1) is 11.3. The van der Waals surface area contributed by atoms with E-state index in [0.29, 0.717) is 14.6 Å². The molecule has 0 aliphatic heterocycles. The second kappa shape index (κ2) is 4.63. The zero-order valence-corrected chi connectivity index (χ0v) is 10.6. The van der Waals surface area contributed by atoms with Crippen molar-refractivity contribution < 1.29 is 8.78 Å². The second-order valence-electron chi connectivity index (χ2n) is 2.56. The zero-order chi connectivity index (χ0) is 10.0. The fourth-order valence-corrected chi connectivity index (χ4v) is 2.48. The van der Waals surface area contributed by atoms with Gasteiger partial charge in [-0.2, -0.15) is 0 Å². The van der Waals surface area contributed by atoms with Gasteiger partial charge >= 0.3 is 0 Å². The van der Waals surface area contributed by atoms with E-state index in [-0.39, 0.29) is 5.56 Å². The van der Waals surface area contributed by atoms with E-state index in [2.05, 4.69) is 20.9 Å². The number of hydrogen-bond acceptors (Lipinski definition) is 1. The third-order valence-corrected chi connectivity index (χ3v) is 3.17. The van der Waals surface area contributed by atoms with Gasteiger partial charge in [0.25, 0.3) is 6.43 Å². The molecule has 0 amide bonds. The van der Waals surface area contributed by atoms with Gasteiger partial charge in [0, 0.05) is 11.5 Å². The Balaban J connectivity index is 3.35. The Hall–Kier alpha value is 0.220. The van der Waals surface area contributed by atoms with Gasteiger partial charge in [-0.25, -0.2) is 13.8 Å². The molecule has 0 atom stereocenters. The summed E-state index contributed by atoms with van der Waals surface area (Å²) >= 11 is 5.03. The maximum atomic E-state index is 12.6. The summed E-state index contributed by atoms with van der Waals surface area (Å²) in [6.07, 6.45) is -0.837. The molecule has 72 valence electrons. The third-order valence-electron chi connectivity index (χ3n) is 1.75. The van der Waals surface area contributed by atoms with Crippen LogP contribution < -0.4 is 0 Å². The average molecular weight is 362 g/mol. The van der Waals surface area contributed by atoms with Crippen LogP contribution in [0.15, 0.2) is 6.20 Å². The summed E-state index contributed by atoms with van der Waals surface area (Å²) in [5, 5.41) is 0.441. The Kier molecular flexibility index (Phi) is 4.03. The van der Waals surface area contributed by atoms with Gasteiger partial charge in [-0.3, -0.25) is 0 Å². The topological polar surface area (TPSA) is 12.9 Å². The first-order valence-electron chi connectivity index (χ1n) is 3.56. The van der Waals surface area contributed by atoms with E-state index in [1.54, 1.807) is 13.1 Å². The van der Waals surface area contributed by atoms with Gasteiger partial charge < -0.3 is 0 Å². The lowest BCUT2D eigenvalue weighted by atomic mass is 10.1. The minimum atomic E-state index is -2.45. The highest BCUT2D eigenvalue weighted by Gasteiger charge is 2.18. The maximum absolute atomic E-state index is 12.6. The highest BCUT2D eigenvalue weighted by Crippen LogP contribution is 2.29. The van der Waals surface area contributed by atoms with Gasteiger partial charge in [-0.1, -0.05) is 15.9 Å². The van der Waals surface area contributed by atoms with Crippen LogP contribution in [0.25, 0.3) is 0 Å². The second-order valence-corrected chi connectivity index (χ2v) is 4.14. The van der Waals surface area contributed by atoms with E-state index in [9.17, 15) is 8.78 Å². The summed E-state index contributed by atoms with van der Waals surface area (Å²) in [6.45, 7) is 1.78. The van der Waals surface area contributed by atoms with E-state index >= 15 is 0 Å². The van der Waals surface area contributed by atoms with E-state index in [0.717, 1.165) is 5.56 Å². The third kappa shape index (κ3) is 2.37. The molecule has 1 heterocycles. The highest BCUT2D eigenvalue weighted by molar-refractivity contribution is 14.1. The summed E-state index contributed by atoms with van der Waals surface area (Å²) in [6, 6.07) is 0. The predicted molar refractivity (Wildman–Crippen MR) is 59.3 cm³/mol. The van der Waals surface area contributed by atoms with Crippen molar-refractivity contribution in [1.82, 2.24) is 4.98 Å². The summed E-state index contributed by atoms with van der Waals surface area (Å²) in [5.41, 5.74) is 1.50. The standard InChI is InChI=1S/C8H7BrF2IN/c1-4-3-13-8(12)6(7(10)11)5(4)2-9/h3,7H,2H2,1H3. The van der Waals surface area contributed by atoms with Crippen LogP contribution in [0.2, 0.25) is 0 Å². The Morgan fingerprint density at radius 3 is 2.62 bits per heavy atom. The zero-order valence-electron chi connectivity index (χ0n) is 6.82. The molecule has 0 aromatic carbocycles. The number of aryl methyl sites for hydroxylation is 1. The molecule has 0 saturated carbocycles. The molecular formula is C8H7BrF2IN. The SMILES string of the molecule is Cc1cnc(I)c(C(F)F)c1CBr. The van der Waals surface area contributed by atoms with Crippen LogP contribution >= 0.6 is 38.5 Å². The molecule has 0 aliphatic carbocycles. The first-order chi connectivity index (χ1) is 6.07. The van der Waals surface area contributed by atoms with Gasteiger partial charge in [0.2, 0.25) is 0 Å². The normalized spacial score (nSPS) is 10.9. The summed E-state index contributed by atoms with van der Waals surface area (Å²) < 4.78 is 25.6. The molecule has 0 radical (unpaired) electrons. The lowest BCUT2D eigenvalue weighted by molar-refractivity contribution is 0.149. The summed E-state index contributed by atoms with van der Waals surface area (Å²) in [7, 11) is 0. The Morgan fingerprint density at radius 2 is 2.23 bits per heavy atom. The number of pyridine rings is 1. The van der Waals surface area contributed by atoms with Crippen LogP contribution in [0.5, 0.6) is 0 Å². The molecule has 0 spiro atoms. The van der Waals surface area contributed by atoms with Crippen molar-refractivity contribution in [2.45, 2.75) is 18.7 Å². The monoisotopic (exact) mass is 361 g/mol. The quantitative estimate of drug-likeness (QED) is 0.443. The molecule has 1 aromatic rings. The number of nitrogens with zero attached hydrogens (tertiary/aromatic N) is 1. The van der Waals surface area contributed by atoms with Crippen molar-refractivity contribution in [3.63, 3.8) is 0 Å². The van der Waals surface area contributed by atoms with Gasteiger partial charge in [-0.05, 0) is 40.6 Å². The summed E-state index contributed by atoms with van der Waals surface area (Å²) in [4.78, 5) is 3.89. The number of alkyl halides is 3. The van der Waals surface area contributed by atoms with Crippen LogP contribution in [0.1, 0.15) is 23.1 Å². The molecule has 0 fully saturated rings. The average Bonchev–Trinajstić information content (AvgIpc) is 2.07. The Morgan fingerprint density at radius 1 is 1.62 bits per heavy atom. The number of rotatable bonds is 2. The van der Waals surface area contributed by atoms with E-state index in [4.69, 9.17) is 0 Å². The molecule has 0 unspecified atom stereocenters. The van der Waals surface area contributed by atoms with Gasteiger partial charge in [0.05, 0.1) is 5.56 Å². The molecule has 1 rings (SSSR count). The number of hydrogen-bond donors (Lipinski definition) is 0. The fourth-order valence-electron chi connectivity index (χ4n) is 1.04. The maximum Gasteiger partial charge on any atom is 0.266 e. The van der Waals surface area contributed by atoms with Crippen LogP contribution in [0, 0.1) is 10.6 Å². The van der Waals surface area contributed by atoms with Crippen LogP contribution in [0.3, 0.4) is 0 Å². The number of halogens is 4. The van der Waals surface area contributed by atoms with Crippen molar-refractivity contribution in [2.75, 3.05) is 0 Å². The lowest BCUT2D eigenvalue weighted by Gasteiger charge is -2.10. The molecule has 1 nitrogen and oxygen atoms in total. The molecule has 0 aliphatic rings. The van der Waals surface area contributed by atoms with E-state index in [1.165, 1.54) is 0 Å². The predicted octanol–water partition coefficient (Wildman–Crippen LogP) is 3.83. The Labute approximate surface area is 97.2 Å². The minimum absolute atomic E-state index is 0.0532. The van der Waals surface area contributed by atoms with Crippen LogP contribution in [0.4, 0.5) is 8.78 Å². The largest absolute Gasteiger partial charge is 0.266 e. The van der Waals surface area contributed by atoms with Gasteiger partial charge in [0.1, 0.15) is 3.70 Å². The molecule has 1 aromatic heterocycles. The summed E-state index contributed by atoms with van der Waals surface area (Å²) in [5.74, 6) is 0. The van der Waals surface area contributed by atoms with Crippen molar-refractivity contribution >= 4 is 38.5 Å². The number of aromatic nitrogens is 1. The van der Waals surface area contributed by atoms with Crippen molar-refractivity contribution in [1.29, 1.82) is 0 Å². The van der Waals surface area contributed by atoms with Crippen molar-refractivity contribution in [3.8, 4) is 0 Å². The smallest absolute Gasteiger partial charge is 0.250 e. The minimum Gasteiger partial charge on any atom is -0.250 e. The van der Waals surface area contributed by atoms with Gasteiger partial charge in [-0.15, -0.1) is 0 Å². The lowest BCUT2D eigenvalue weighted by Crippen LogP contribution is -2.01. The van der Waals surface area contributed by atoms with E-state index in [1.807, 2.05) is 22.6 Å². The highest BCUT2D eigenvalue weighted by atomic mass is 127. The molecular weight excluding hydrogens is 355 g/mol. The molecule has 0 N–H and O–H groups in total. The fraction of sp³-hybridized carbons (Fsp3) is 0.375. The first-order valence-corrected chi connectivity index (χ1v) is 5.76. The van der Waals surface area contributed by atoms with Crippen LogP contribution in [-0.2, 0) is 5.33 Å². The molecule has 0 bridgehead atoms. The molecule has 5 heteroatoms.